The van der Waals surface area contributed by atoms with Gasteiger partial charge in [0.2, 0.25) is 5.91 Å². The van der Waals surface area contributed by atoms with E-state index >= 15 is 0 Å². The lowest BCUT2D eigenvalue weighted by atomic mass is 9.99. The Morgan fingerprint density at radius 3 is 2.94 bits per heavy atom. The monoisotopic (exact) mass is 254 g/mol. The summed E-state index contributed by atoms with van der Waals surface area (Å²) in [6.45, 7) is 9.01. The highest BCUT2D eigenvalue weighted by molar-refractivity contribution is 5.84. The molecule has 0 spiro atoms. The third-order valence-electron chi connectivity index (χ3n) is 4.45. The van der Waals surface area contributed by atoms with Gasteiger partial charge in [0.15, 0.2) is 0 Å². The molecule has 0 saturated carbocycles. The Balaban J connectivity index is 1.86. The summed E-state index contributed by atoms with van der Waals surface area (Å²) >= 11 is 0. The van der Waals surface area contributed by atoms with Crippen molar-refractivity contribution in [1.29, 1.82) is 0 Å². The van der Waals surface area contributed by atoms with Gasteiger partial charge in [-0.1, -0.05) is 20.3 Å². The highest BCUT2D eigenvalue weighted by atomic mass is 16.5. The average molecular weight is 254 g/mol. The van der Waals surface area contributed by atoms with Crippen molar-refractivity contribution in [3.63, 3.8) is 0 Å². The lowest BCUT2D eigenvalue weighted by Gasteiger charge is -2.22. The van der Waals surface area contributed by atoms with Gasteiger partial charge in [0.05, 0.1) is 12.2 Å². The van der Waals surface area contributed by atoms with Crippen LogP contribution in [0.5, 0.6) is 0 Å². The Bertz CT molecular complexity index is 290. The molecule has 1 N–H and O–H groups in total. The zero-order valence-corrected chi connectivity index (χ0v) is 11.8. The lowest BCUT2D eigenvalue weighted by molar-refractivity contribution is -0.130. The van der Waals surface area contributed by atoms with Crippen molar-refractivity contribution in [2.45, 2.75) is 52.2 Å². The molecule has 1 amide bonds. The van der Waals surface area contributed by atoms with Crippen LogP contribution >= 0.6 is 0 Å². The van der Waals surface area contributed by atoms with Crippen molar-refractivity contribution < 1.29 is 9.53 Å². The molecule has 2 heterocycles. The molecule has 4 unspecified atom stereocenters. The number of hydrogen-bond acceptors (Lipinski definition) is 3. The van der Waals surface area contributed by atoms with E-state index in [9.17, 15) is 4.79 Å². The van der Waals surface area contributed by atoms with E-state index in [0.29, 0.717) is 11.8 Å². The van der Waals surface area contributed by atoms with Crippen molar-refractivity contribution in [2.24, 2.45) is 11.8 Å². The number of ether oxygens (including phenoxy) is 1. The maximum atomic E-state index is 12.4. The largest absolute Gasteiger partial charge is 0.381 e. The topological polar surface area (TPSA) is 41.6 Å². The minimum absolute atomic E-state index is 0.0184. The maximum Gasteiger partial charge on any atom is 0.241 e. The Morgan fingerprint density at radius 2 is 2.33 bits per heavy atom. The van der Waals surface area contributed by atoms with Crippen LogP contribution < -0.4 is 5.32 Å². The summed E-state index contributed by atoms with van der Waals surface area (Å²) in [4.78, 5) is 14.4. The van der Waals surface area contributed by atoms with Crippen LogP contribution in [0, 0.1) is 11.8 Å². The average Bonchev–Trinajstić information content (AvgIpc) is 2.96. The molecule has 4 heteroatoms. The molecule has 2 aliphatic heterocycles. The predicted octanol–water partition coefficient (Wildman–Crippen LogP) is 1.61. The number of hydrogen-bond donors (Lipinski definition) is 1. The van der Waals surface area contributed by atoms with Gasteiger partial charge in [0.1, 0.15) is 0 Å². The van der Waals surface area contributed by atoms with Crippen LogP contribution in [0.4, 0.5) is 0 Å². The molecule has 2 fully saturated rings. The minimum Gasteiger partial charge on any atom is -0.381 e. The van der Waals surface area contributed by atoms with Gasteiger partial charge in [-0.25, -0.2) is 0 Å². The van der Waals surface area contributed by atoms with E-state index in [1.54, 1.807) is 0 Å². The Kier molecular flexibility index (Phi) is 4.62. The van der Waals surface area contributed by atoms with Crippen LogP contribution in [0.3, 0.4) is 0 Å². The molecular formula is C14H26N2O2. The summed E-state index contributed by atoms with van der Waals surface area (Å²) in [6.07, 6.45) is 3.45. The standard InChI is InChI=1S/C14H26N2O2/c1-4-10(2)13-14(17)16(11(3)15-13)7-5-12-6-8-18-9-12/h10-13,15H,4-9H2,1-3H3. The molecule has 4 atom stereocenters. The molecule has 0 aromatic carbocycles. The van der Waals surface area contributed by atoms with Gasteiger partial charge in [0, 0.05) is 19.8 Å². The van der Waals surface area contributed by atoms with Gasteiger partial charge in [0.25, 0.3) is 0 Å². The fourth-order valence-electron chi connectivity index (χ4n) is 2.87. The van der Waals surface area contributed by atoms with Crippen LogP contribution in [-0.4, -0.2) is 42.8 Å². The Labute approximate surface area is 110 Å². The molecule has 2 rings (SSSR count). The highest BCUT2D eigenvalue weighted by Gasteiger charge is 2.38. The second-order valence-electron chi connectivity index (χ2n) is 5.76. The van der Waals surface area contributed by atoms with E-state index in [2.05, 4.69) is 26.1 Å². The fourth-order valence-corrected chi connectivity index (χ4v) is 2.87. The number of amides is 1. The summed E-state index contributed by atoms with van der Waals surface area (Å²) in [6, 6.07) is 0.0184. The quantitative estimate of drug-likeness (QED) is 0.810. The van der Waals surface area contributed by atoms with Crippen LogP contribution in [0.15, 0.2) is 0 Å². The third kappa shape index (κ3) is 2.86. The molecule has 18 heavy (non-hydrogen) atoms. The van der Waals surface area contributed by atoms with Gasteiger partial charge in [-0.15, -0.1) is 0 Å². The van der Waals surface area contributed by atoms with Crippen molar-refractivity contribution in [3.05, 3.63) is 0 Å². The molecule has 0 aromatic heterocycles. The summed E-state index contributed by atoms with van der Waals surface area (Å²) in [7, 11) is 0. The van der Waals surface area contributed by atoms with E-state index in [1.165, 1.54) is 0 Å². The predicted molar refractivity (Wildman–Crippen MR) is 71.1 cm³/mol. The first-order valence-corrected chi connectivity index (χ1v) is 7.27. The van der Waals surface area contributed by atoms with Crippen LogP contribution in [0.2, 0.25) is 0 Å². The molecule has 104 valence electrons. The fraction of sp³-hybridized carbons (Fsp3) is 0.929. The van der Waals surface area contributed by atoms with Gasteiger partial charge < -0.3 is 9.64 Å². The van der Waals surface area contributed by atoms with Gasteiger partial charge in [-0.05, 0) is 31.6 Å². The second kappa shape index (κ2) is 6.02. The summed E-state index contributed by atoms with van der Waals surface area (Å²) < 4.78 is 5.38. The van der Waals surface area contributed by atoms with Crippen LogP contribution in [0.1, 0.15) is 40.0 Å². The molecule has 2 saturated heterocycles. The Morgan fingerprint density at radius 1 is 1.56 bits per heavy atom. The van der Waals surface area contributed by atoms with Crippen LogP contribution in [-0.2, 0) is 9.53 Å². The lowest BCUT2D eigenvalue weighted by Crippen LogP contribution is -2.36. The minimum atomic E-state index is 0.0184. The number of carbonyl (C=O) groups is 1. The van der Waals surface area contributed by atoms with Gasteiger partial charge >= 0.3 is 0 Å². The second-order valence-corrected chi connectivity index (χ2v) is 5.76. The molecule has 4 nitrogen and oxygen atoms in total. The molecular weight excluding hydrogens is 228 g/mol. The third-order valence-corrected chi connectivity index (χ3v) is 4.45. The van der Waals surface area contributed by atoms with E-state index in [4.69, 9.17) is 4.74 Å². The normalized spacial score (nSPS) is 34.3. The van der Waals surface area contributed by atoms with Crippen molar-refractivity contribution in [2.75, 3.05) is 19.8 Å². The van der Waals surface area contributed by atoms with Gasteiger partial charge in [-0.3, -0.25) is 10.1 Å². The number of nitrogens with one attached hydrogen (secondary N) is 1. The first kappa shape index (κ1) is 13.8. The van der Waals surface area contributed by atoms with E-state index in [0.717, 1.165) is 39.0 Å². The summed E-state index contributed by atoms with van der Waals surface area (Å²) in [5, 5.41) is 3.42. The van der Waals surface area contributed by atoms with E-state index in [-0.39, 0.29) is 18.1 Å². The molecule has 0 bridgehead atoms. The molecule has 2 aliphatic rings. The maximum absolute atomic E-state index is 12.4. The number of rotatable bonds is 5. The SMILES string of the molecule is CCC(C)C1NC(C)N(CCC2CCOC2)C1=O. The highest BCUT2D eigenvalue weighted by Crippen LogP contribution is 2.22. The molecule has 0 aromatic rings. The number of carbonyl (C=O) groups excluding carboxylic acids is 1. The van der Waals surface area contributed by atoms with E-state index < -0.39 is 0 Å². The zero-order valence-electron chi connectivity index (χ0n) is 11.8. The Hall–Kier alpha value is -0.610. The first-order valence-electron chi connectivity index (χ1n) is 7.27. The summed E-state index contributed by atoms with van der Waals surface area (Å²) in [5.41, 5.74) is 0. The molecule has 0 aliphatic carbocycles. The van der Waals surface area contributed by atoms with Crippen LogP contribution in [0.25, 0.3) is 0 Å². The number of nitrogens with zero attached hydrogens (tertiary/aromatic N) is 1. The zero-order chi connectivity index (χ0) is 13.1. The summed E-state index contributed by atoms with van der Waals surface area (Å²) in [5.74, 6) is 1.35. The van der Waals surface area contributed by atoms with E-state index in [1.807, 2.05) is 4.90 Å². The van der Waals surface area contributed by atoms with Crippen molar-refractivity contribution in [1.82, 2.24) is 10.2 Å². The van der Waals surface area contributed by atoms with Crippen molar-refractivity contribution >= 4 is 5.91 Å². The van der Waals surface area contributed by atoms with Gasteiger partial charge in [-0.2, -0.15) is 0 Å². The van der Waals surface area contributed by atoms with Crippen molar-refractivity contribution in [3.8, 4) is 0 Å². The first-order chi connectivity index (χ1) is 8.63. The molecule has 0 radical (unpaired) electrons. The smallest absolute Gasteiger partial charge is 0.241 e.